The number of hydrogen-bond acceptors (Lipinski definition) is 2. The van der Waals surface area contributed by atoms with Gasteiger partial charge in [-0.3, -0.25) is 0 Å². The molecule has 60 valence electrons. The molecule has 3 atom stereocenters. The summed E-state index contributed by atoms with van der Waals surface area (Å²) in [6, 6.07) is 0.531. The van der Waals surface area contributed by atoms with E-state index in [0.717, 1.165) is 13.0 Å². The maximum Gasteiger partial charge on any atom is 0.0592 e. The molecule has 0 radical (unpaired) electrons. The summed E-state index contributed by atoms with van der Waals surface area (Å²) in [5, 5.41) is 9.44. The van der Waals surface area contributed by atoms with Gasteiger partial charge in [0.15, 0.2) is 0 Å². The van der Waals surface area contributed by atoms with Crippen LogP contribution in [0.15, 0.2) is 0 Å². The van der Waals surface area contributed by atoms with Crippen molar-refractivity contribution in [2.75, 3.05) is 13.6 Å². The molecule has 1 rings (SSSR count). The molecule has 1 fully saturated rings. The molecular formula is C8H17NO. The summed E-state index contributed by atoms with van der Waals surface area (Å²) in [5.41, 5.74) is 0. The maximum absolute atomic E-state index is 9.44. The largest absolute Gasteiger partial charge is 0.393 e. The average Bonchev–Trinajstić information content (AvgIpc) is 1.93. The molecule has 0 aliphatic carbocycles. The summed E-state index contributed by atoms with van der Waals surface area (Å²) < 4.78 is 0. The third-order valence-corrected chi connectivity index (χ3v) is 2.84. The van der Waals surface area contributed by atoms with Gasteiger partial charge in [-0.25, -0.2) is 0 Å². The van der Waals surface area contributed by atoms with E-state index in [1.807, 2.05) is 0 Å². The monoisotopic (exact) mass is 143 g/mol. The van der Waals surface area contributed by atoms with Gasteiger partial charge < -0.3 is 10.0 Å². The molecule has 1 aliphatic rings. The van der Waals surface area contributed by atoms with Crippen molar-refractivity contribution in [1.29, 1.82) is 0 Å². The zero-order chi connectivity index (χ0) is 7.72. The van der Waals surface area contributed by atoms with Gasteiger partial charge in [0.1, 0.15) is 0 Å². The topological polar surface area (TPSA) is 23.5 Å². The zero-order valence-electron chi connectivity index (χ0n) is 7.04. The SMILES string of the molecule is C[C@@H]1[C@@H](O)CCN(C)[C@H]1C. The Bertz CT molecular complexity index is 102. The van der Waals surface area contributed by atoms with Crippen molar-refractivity contribution in [2.24, 2.45) is 5.92 Å². The van der Waals surface area contributed by atoms with Gasteiger partial charge in [0.2, 0.25) is 0 Å². The molecule has 2 nitrogen and oxygen atoms in total. The number of nitrogens with zero attached hydrogens (tertiary/aromatic N) is 1. The molecule has 2 heteroatoms. The Hall–Kier alpha value is -0.0800. The van der Waals surface area contributed by atoms with Gasteiger partial charge in [-0.15, -0.1) is 0 Å². The first-order valence-electron chi connectivity index (χ1n) is 4.01. The smallest absolute Gasteiger partial charge is 0.0592 e. The first-order chi connectivity index (χ1) is 4.63. The number of rotatable bonds is 0. The maximum atomic E-state index is 9.44. The summed E-state index contributed by atoms with van der Waals surface area (Å²) in [6.45, 7) is 5.32. The Balaban J connectivity index is 2.52. The van der Waals surface area contributed by atoms with E-state index in [4.69, 9.17) is 0 Å². The molecule has 1 aliphatic heterocycles. The van der Waals surface area contributed by atoms with Crippen LogP contribution in [0.4, 0.5) is 0 Å². The van der Waals surface area contributed by atoms with E-state index in [0.29, 0.717) is 12.0 Å². The molecule has 1 saturated heterocycles. The highest BCUT2D eigenvalue weighted by Gasteiger charge is 2.28. The van der Waals surface area contributed by atoms with Gasteiger partial charge in [0.25, 0.3) is 0 Å². The van der Waals surface area contributed by atoms with E-state index < -0.39 is 0 Å². The van der Waals surface area contributed by atoms with E-state index in [9.17, 15) is 5.11 Å². The number of aliphatic hydroxyl groups is 1. The Kier molecular flexibility index (Phi) is 2.32. The molecule has 1 N–H and O–H groups in total. The summed E-state index contributed by atoms with van der Waals surface area (Å²) in [7, 11) is 2.12. The molecule has 0 amide bonds. The van der Waals surface area contributed by atoms with Gasteiger partial charge in [-0.2, -0.15) is 0 Å². The van der Waals surface area contributed by atoms with Crippen molar-refractivity contribution in [1.82, 2.24) is 4.90 Å². The Morgan fingerprint density at radius 1 is 1.40 bits per heavy atom. The van der Waals surface area contributed by atoms with Crippen LogP contribution in [-0.2, 0) is 0 Å². The van der Waals surface area contributed by atoms with Crippen molar-refractivity contribution in [3.05, 3.63) is 0 Å². The number of hydrogen-bond donors (Lipinski definition) is 1. The average molecular weight is 143 g/mol. The standard InChI is InChI=1S/C8H17NO/c1-6-7(2)9(3)5-4-8(6)10/h6-8,10H,4-5H2,1-3H3/t6-,7-,8-/m0/s1. The van der Waals surface area contributed by atoms with Crippen LogP contribution in [0.25, 0.3) is 0 Å². The van der Waals surface area contributed by atoms with Crippen LogP contribution in [-0.4, -0.2) is 35.7 Å². The van der Waals surface area contributed by atoms with E-state index in [-0.39, 0.29) is 6.10 Å². The van der Waals surface area contributed by atoms with Gasteiger partial charge in [-0.05, 0) is 26.3 Å². The minimum absolute atomic E-state index is 0.0776. The Morgan fingerprint density at radius 2 is 2.00 bits per heavy atom. The number of piperidine rings is 1. The lowest BCUT2D eigenvalue weighted by Gasteiger charge is -2.38. The quantitative estimate of drug-likeness (QED) is 0.540. The fourth-order valence-electron chi connectivity index (χ4n) is 1.53. The summed E-state index contributed by atoms with van der Waals surface area (Å²) in [4.78, 5) is 2.30. The second-order valence-electron chi connectivity index (χ2n) is 3.44. The first-order valence-corrected chi connectivity index (χ1v) is 4.01. The van der Waals surface area contributed by atoms with Crippen LogP contribution in [0.1, 0.15) is 20.3 Å². The number of likely N-dealkylation sites (tertiary alicyclic amines) is 1. The van der Waals surface area contributed by atoms with E-state index >= 15 is 0 Å². The molecule has 0 aromatic rings. The van der Waals surface area contributed by atoms with Gasteiger partial charge in [-0.1, -0.05) is 6.92 Å². The second kappa shape index (κ2) is 2.89. The predicted octanol–water partition coefficient (Wildman–Crippen LogP) is 0.707. The fourth-order valence-corrected chi connectivity index (χ4v) is 1.53. The molecule has 0 unspecified atom stereocenters. The van der Waals surface area contributed by atoms with Crippen molar-refractivity contribution in [3.8, 4) is 0 Å². The lowest BCUT2D eigenvalue weighted by atomic mass is 9.90. The van der Waals surface area contributed by atoms with E-state index in [1.165, 1.54) is 0 Å². The van der Waals surface area contributed by atoms with Crippen molar-refractivity contribution in [3.63, 3.8) is 0 Å². The lowest BCUT2D eigenvalue weighted by Crippen LogP contribution is -2.46. The van der Waals surface area contributed by atoms with Crippen molar-refractivity contribution >= 4 is 0 Å². The van der Waals surface area contributed by atoms with Crippen molar-refractivity contribution < 1.29 is 5.11 Å². The highest BCUT2D eigenvalue weighted by atomic mass is 16.3. The third kappa shape index (κ3) is 1.32. The van der Waals surface area contributed by atoms with Gasteiger partial charge >= 0.3 is 0 Å². The van der Waals surface area contributed by atoms with Gasteiger partial charge in [0, 0.05) is 12.6 Å². The minimum Gasteiger partial charge on any atom is -0.393 e. The molecule has 0 spiro atoms. The molecule has 10 heavy (non-hydrogen) atoms. The zero-order valence-corrected chi connectivity index (χ0v) is 7.04. The fraction of sp³-hybridized carbons (Fsp3) is 1.00. The molecular weight excluding hydrogens is 126 g/mol. The summed E-state index contributed by atoms with van der Waals surface area (Å²) >= 11 is 0. The minimum atomic E-state index is -0.0776. The van der Waals surface area contributed by atoms with Crippen LogP contribution in [0, 0.1) is 5.92 Å². The van der Waals surface area contributed by atoms with E-state index in [1.54, 1.807) is 0 Å². The molecule has 0 saturated carbocycles. The summed E-state index contributed by atoms with van der Waals surface area (Å²) in [6.07, 6.45) is 0.855. The Labute approximate surface area is 62.8 Å². The van der Waals surface area contributed by atoms with Crippen LogP contribution in [0.5, 0.6) is 0 Å². The summed E-state index contributed by atoms with van der Waals surface area (Å²) in [5.74, 6) is 0.429. The van der Waals surface area contributed by atoms with Crippen LogP contribution < -0.4 is 0 Å². The second-order valence-corrected chi connectivity index (χ2v) is 3.44. The predicted molar refractivity (Wildman–Crippen MR) is 41.9 cm³/mol. The van der Waals surface area contributed by atoms with Gasteiger partial charge in [0.05, 0.1) is 6.10 Å². The van der Waals surface area contributed by atoms with Crippen LogP contribution >= 0.6 is 0 Å². The molecule has 0 aromatic carbocycles. The molecule has 0 bridgehead atoms. The van der Waals surface area contributed by atoms with Crippen LogP contribution in [0.2, 0.25) is 0 Å². The normalized spacial score (nSPS) is 43.8. The first kappa shape index (κ1) is 8.02. The number of aliphatic hydroxyl groups excluding tert-OH is 1. The van der Waals surface area contributed by atoms with E-state index in [2.05, 4.69) is 25.8 Å². The highest BCUT2D eigenvalue weighted by Crippen LogP contribution is 2.21. The molecule has 0 aromatic heterocycles. The highest BCUT2D eigenvalue weighted by molar-refractivity contribution is 4.82. The Morgan fingerprint density at radius 3 is 2.50 bits per heavy atom. The van der Waals surface area contributed by atoms with Crippen molar-refractivity contribution in [2.45, 2.75) is 32.4 Å². The third-order valence-electron chi connectivity index (χ3n) is 2.84. The molecule has 1 heterocycles. The van der Waals surface area contributed by atoms with Crippen LogP contribution in [0.3, 0.4) is 0 Å². The lowest BCUT2D eigenvalue weighted by molar-refractivity contribution is 0.0102.